The Kier molecular flexibility index (Phi) is 7.05. The summed E-state index contributed by atoms with van der Waals surface area (Å²) in [6.45, 7) is 6.76. The number of thiazole rings is 1. The largest absolute Gasteiger partial charge is 0.501 e. The molecule has 200 valence electrons. The molecule has 1 N–H and O–H groups in total. The number of aromatic nitrogens is 4. The van der Waals surface area contributed by atoms with Crippen molar-refractivity contribution in [2.45, 2.75) is 50.3 Å². The topological polar surface area (TPSA) is 102 Å². The first-order valence-corrected chi connectivity index (χ1v) is 14.1. The lowest BCUT2D eigenvalue weighted by molar-refractivity contribution is -0.158. The van der Waals surface area contributed by atoms with Gasteiger partial charge in [0, 0.05) is 47.9 Å². The molecule has 1 amide bonds. The number of rotatable bonds is 6. The molecule has 0 radical (unpaired) electrons. The normalized spacial score (nSPS) is 17.3. The van der Waals surface area contributed by atoms with Gasteiger partial charge in [-0.2, -0.15) is 0 Å². The Hall–Kier alpha value is -3.22. The summed E-state index contributed by atoms with van der Waals surface area (Å²) in [5, 5.41) is 11.1. The highest BCUT2D eigenvalue weighted by Gasteiger charge is 2.34. The fourth-order valence-electron chi connectivity index (χ4n) is 4.78. The minimum absolute atomic E-state index is 0.0128. The second kappa shape index (κ2) is 10.2. The van der Waals surface area contributed by atoms with Crippen LogP contribution in [-0.4, -0.2) is 65.9 Å². The first-order valence-electron chi connectivity index (χ1n) is 12.1. The van der Waals surface area contributed by atoms with E-state index < -0.39 is 16.9 Å². The molecule has 0 bridgehead atoms. The molecule has 9 nitrogen and oxygen atoms in total. The zero-order valence-corrected chi connectivity index (χ0v) is 23.1. The van der Waals surface area contributed by atoms with Crippen molar-refractivity contribution >= 4 is 34.8 Å². The molecule has 1 saturated heterocycles. The number of carbonyl (C=O) groups is 1. The molecular weight excluding hydrogens is 529 g/mol. The molecule has 1 aliphatic rings. The van der Waals surface area contributed by atoms with Gasteiger partial charge in [-0.1, -0.05) is 6.07 Å². The summed E-state index contributed by atoms with van der Waals surface area (Å²) < 4.78 is 22.3. The number of fused-ring (bicyclic) bond motifs is 1. The second-order valence-corrected chi connectivity index (χ2v) is 11.9. The number of hydrogen-bond acceptors (Lipinski definition) is 8. The van der Waals surface area contributed by atoms with E-state index in [9.17, 15) is 19.1 Å². The summed E-state index contributed by atoms with van der Waals surface area (Å²) in [7, 11) is 0. The van der Waals surface area contributed by atoms with E-state index in [1.165, 1.54) is 45.8 Å². The Morgan fingerprint density at radius 2 is 2.13 bits per heavy atom. The smallest absolute Gasteiger partial charge is 0.302 e. The van der Waals surface area contributed by atoms with E-state index in [1.54, 1.807) is 27.9 Å². The van der Waals surface area contributed by atoms with Crippen LogP contribution < -0.4 is 5.56 Å². The lowest BCUT2D eigenvalue weighted by Gasteiger charge is -2.41. The second-order valence-electron chi connectivity index (χ2n) is 9.94. The molecule has 3 aromatic heterocycles. The number of benzene rings is 1. The van der Waals surface area contributed by atoms with Crippen LogP contribution >= 0.6 is 23.1 Å². The summed E-state index contributed by atoms with van der Waals surface area (Å²) >= 11 is 2.76. The monoisotopic (exact) mass is 557 g/mol. The quantitative estimate of drug-likeness (QED) is 0.360. The van der Waals surface area contributed by atoms with E-state index in [0.29, 0.717) is 24.5 Å². The predicted octanol–water partition coefficient (Wildman–Crippen LogP) is 3.80. The van der Waals surface area contributed by atoms with Gasteiger partial charge in [0.1, 0.15) is 17.4 Å². The molecule has 12 heteroatoms. The molecule has 38 heavy (non-hydrogen) atoms. The number of ether oxygens (including phenoxy) is 1. The Morgan fingerprint density at radius 1 is 1.34 bits per heavy atom. The molecule has 4 heterocycles. The lowest BCUT2D eigenvalue weighted by Crippen LogP contribution is -2.54. The fraction of sp³-hybridized carbons (Fsp3) is 0.385. The molecule has 0 saturated carbocycles. The van der Waals surface area contributed by atoms with E-state index in [0.717, 1.165) is 15.3 Å². The van der Waals surface area contributed by atoms with Crippen molar-refractivity contribution in [1.29, 1.82) is 0 Å². The fourth-order valence-corrected chi connectivity index (χ4v) is 6.34. The van der Waals surface area contributed by atoms with Crippen molar-refractivity contribution in [3.05, 3.63) is 63.4 Å². The summed E-state index contributed by atoms with van der Waals surface area (Å²) in [5.41, 5.74) is -0.0798. The summed E-state index contributed by atoms with van der Waals surface area (Å²) in [4.78, 5) is 38.5. The summed E-state index contributed by atoms with van der Waals surface area (Å²) in [5.74, 6) is -0.686. The van der Waals surface area contributed by atoms with E-state index in [-0.39, 0.29) is 35.8 Å². The van der Waals surface area contributed by atoms with Gasteiger partial charge in [0.2, 0.25) is 17.4 Å². The van der Waals surface area contributed by atoms with Crippen LogP contribution in [0.25, 0.3) is 16.5 Å². The average Bonchev–Trinajstić information content (AvgIpc) is 3.48. The molecule has 1 aromatic carbocycles. The zero-order valence-electron chi connectivity index (χ0n) is 21.5. The van der Waals surface area contributed by atoms with Crippen molar-refractivity contribution in [2.75, 3.05) is 19.3 Å². The molecule has 1 fully saturated rings. The molecular formula is C26H28FN5O4S2. The minimum atomic E-state index is -0.641. The number of hydrogen-bond donors (Lipinski definition) is 1. The maximum Gasteiger partial charge on any atom is 0.302 e. The minimum Gasteiger partial charge on any atom is -0.501 e. The summed E-state index contributed by atoms with van der Waals surface area (Å²) in [6.07, 6.45) is 7.08. The van der Waals surface area contributed by atoms with Gasteiger partial charge in [-0.05, 0) is 44.7 Å². The number of nitrogens with zero attached hydrogens (tertiary/aromatic N) is 5. The van der Waals surface area contributed by atoms with Gasteiger partial charge < -0.3 is 19.3 Å². The highest BCUT2D eigenvalue weighted by atomic mass is 32.2. The van der Waals surface area contributed by atoms with Crippen molar-refractivity contribution < 1.29 is 19.0 Å². The average molecular weight is 558 g/mol. The SMILES string of the molecule is CSc1cc(F)ccc1Cc1cnc(-c2nc3n(CC(=O)N4CC(C)OC(C)(C)C4)ccn3c(=O)c2O)s1. The van der Waals surface area contributed by atoms with Crippen LogP contribution in [0.5, 0.6) is 5.75 Å². The van der Waals surface area contributed by atoms with Gasteiger partial charge >= 0.3 is 5.56 Å². The van der Waals surface area contributed by atoms with E-state index in [4.69, 9.17) is 4.74 Å². The number of aromatic hydroxyl groups is 1. The Labute approximate surface area is 226 Å². The standard InChI is InChI=1S/C26H28FN5O4S2/c1-15-12-31(14-26(2,3)36-15)20(33)13-30-7-8-32-24(35)22(34)21(29-25(30)32)23-28-11-18(38-23)9-16-5-6-17(27)10-19(16)37-4/h5-8,10-11,15,34H,9,12-14H2,1-4H3. The van der Waals surface area contributed by atoms with Crippen LogP contribution in [0.15, 0.2) is 46.5 Å². The van der Waals surface area contributed by atoms with Crippen molar-refractivity contribution in [1.82, 2.24) is 23.8 Å². The molecule has 0 spiro atoms. The Morgan fingerprint density at radius 3 is 2.87 bits per heavy atom. The number of halogens is 1. The van der Waals surface area contributed by atoms with E-state index in [1.807, 2.05) is 27.0 Å². The van der Waals surface area contributed by atoms with Crippen LogP contribution in [0, 0.1) is 5.82 Å². The van der Waals surface area contributed by atoms with Crippen molar-refractivity contribution in [3.63, 3.8) is 0 Å². The zero-order chi connectivity index (χ0) is 27.2. The number of carbonyl (C=O) groups excluding carboxylic acids is 1. The maximum atomic E-state index is 13.6. The van der Waals surface area contributed by atoms with Crippen LogP contribution in [0.1, 0.15) is 31.2 Å². The molecule has 1 atom stereocenters. The summed E-state index contributed by atoms with van der Waals surface area (Å²) in [6, 6.07) is 4.67. The third-order valence-electron chi connectivity index (χ3n) is 6.32. The number of thioether (sulfide) groups is 1. The number of imidazole rings is 1. The molecule has 4 aromatic rings. The third-order valence-corrected chi connectivity index (χ3v) is 8.15. The predicted molar refractivity (Wildman–Crippen MR) is 144 cm³/mol. The van der Waals surface area contributed by atoms with Gasteiger partial charge in [-0.15, -0.1) is 23.1 Å². The number of amides is 1. The highest BCUT2D eigenvalue weighted by Crippen LogP contribution is 2.32. The highest BCUT2D eigenvalue weighted by molar-refractivity contribution is 7.98. The van der Waals surface area contributed by atoms with E-state index >= 15 is 0 Å². The van der Waals surface area contributed by atoms with Gasteiger partial charge in [0.25, 0.3) is 0 Å². The third kappa shape index (κ3) is 5.20. The van der Waals surface area contributed by atoms with Crippen LogP contribution in [0.4, 0.5) is 4.39 Å². The van der Waals surface area contributed by atoms with Crippen LogP contribution in [0.2, 0.25) is 0 Å². The molecule has 1 unspecified atom stereocenters. The Balaban J connectivity index is 1.44. The lowest BCUT2D eigenvalue weighted by atomic mass is 10.1. The number of morpholine rings is 1. The van der Waals surface area contributed by atoms with Crippen molar-refractivity contribution in [3.8, 4) is 16.5 Å². The first-order chi connectivity index (χ1) is 18.0. The van der Waals surface area contributed by atoms with Gasteiger partial charge in [-0.25, -0.2) is 18.8 Å². The Bertz CT molecular complexity index is 1580. The van der Waals surface area contributed by atoms with Crippen molar-refractivity contribution in [2.24, 2.45) is 0 Å². The molecule has 1 aliphatic heterocycles. The van der Waals surface area contributed by atoms with Gasteiger partial charge in [0.15, 0.2) is 5.69 Å². The molecule has 0 aliphatic carbocycles. The van der Waals surface area contributed by atoms with E-state index in [2.05, 4.69) is 9.97 Å². The maximum absolute atomic E-state index is 13.6. The van der Waals surface area contributed by atoms with Gasteiger partial charge in [0.05, 0.1) is 11.7 Å². The van der Waals surface area contributed by atoms with Crippen LogP contribution in [0.3, 0.4) is 0 Å². The van der Waals surface area contributed by atoms with Crippen LogP contribution in [-0.2, 0) is 22.5 Å². The van der Waals surface area contributed by atoms with Gasteiger partial charge in [-0.3, -0.25) is 9.59 Å². The first kappa shape index (κ1) is 26.4. The molecule has 5 rings (SSSR count).